The Morgan fingerprint density at radius 1 is 1.00 bits per heavy atom. The van der Waals surface area contributed by atoms with Crippen molar-refractivity contribution in [1.29, 1.82) is 0 Å². The molecule has 4 fully saturated rings. The molecule has 4 atom stereocenters. The highest BCUT2D eigenvalue weighted by atomic mass is 32.2. The van der Waals surface area contributed by atoms with Crippen LogP contribution in [0.3, 0.4) is 0 Å². The van der Waals surface area contributed by atoms with Gasteiger partial charge in [0.2, 0.25) is 0 Å². The lowest BCUT2D eigenvalue weighted by Crippen LogP contribution is -2.58. The van der Waals surface area contributed by atoms with Gasteiger partial charge >= 0.3 is 0 Å². The molecule has 7 nitrogen and oxygen atoms in total. The zero-order chi connectivity index (χ0) is 22.8. The number of aliphatic hydroxyl groups is 2. The van der Waals surface area contributed by atoms with Gasteiger partial charge in [-0.1, -0.05) is 30.4 Å². The molecule has 0 unspecified atom stereocenters. The first kappa shape index (κ1) is 23.9. The number of hydrogen-bond acceptors (Lipinski definition) is 7. The lowest BCUT2D eigenvalue weighted by Gasteiger charge is -2.50. The van der Waals surface area contributed by atoms with Crippen molar-refractivity contribution < 1.29 is 32.8 Å². The molecular weight excluding hydrogens is 432 g/mol. The summed E-state index contributed by atoms with van der Waals surface area (Å²) < 4.78 is 42.6. The summed E-state index contributed by atoms with van der Waals surface area (Å²) in [6.45, 7) is 3.75. The predicted molar refractivity (Wildman–Crippen MR) is 118 cm³/mol. The first-order chi connectivity index (χ1) is 15.2. The third-order valence-electron chi connectivity index (χ3n) is 7.11. The second-order valence-electron chi connectivity index (χ2n) is 9.62. The molecule has 3 heterocycles. The lowest BCUT2D eigenvalue weighted by atomic mass is 9.83. The highest BCUT2D eigenvalue weighted by molar-refractivity contribution is 7.91. The molecule has 32 heavy (non-hydrogen) atoms. The topological polar surface area (TPSA) is 102 Å². The van der Waals surface area contributed by atoms with Gasteiger partial charge in [-0.25, -0.2) is 8.42 Å². The van der Waals surface area contributed by atoms with Crippen molar-refractivity contribution in [3.8, 4) is 0 Å². The van der Waals surface area contributed by atoms with E-state index in [4.69, 9.17) is 14.2 Å². The Morgan fingerprint density at radius 3 is 2.28 bits per heavy atom. The molecule has 1 saturated carbocycles. The molecule has 5 rings (SSSR count). The number of hydrogen-bond donors (Lipinski definition) is 2. The molecular formula is C24H34O7S. The van der Waals surface area contributed by atoms with Crippen LogP contribution in [0.15, 0.2) is 47.4 Å². The van der Waals surface area contributed by atoms with Crippen LogP contribution >= 0.6 is 0 Å². The maximum atomic E-state index is 12.8. The molecule has 3 saturated heterocycles. The lowest BCUT2D eigenvalue weighted by molar-refractivity contribution is -0.460. The molecule has 1 aliphatic carbocycles. The van der Waals surface area contributed by atoms with E-state index in [1.807, 2.05) is 6.08 Å². The summed E-state index contributed by atoms with van der Waals surface area (Å²) >= 11 is 0. The number of unbranched alkanes of at least 4 members (excludes halogenated alkanes) is 1. The Morgan fingerprint density at radius 2 is 1.62 bits per heavy atom. The number of aliphatic hydroxyl groups excluding tert-OH is 2. The standard InChI is InChI=1S/C24H34O7S/c1-23-29-15-24(16-30-23,17-31-23)12-8-3-2-7-11-19-20(22(26)13-21(19)25)14-32(27,28)18-9-5-4-6-10-18/h2,4-7,9-10,19-22,25-26H,3,8,11-17H2,1H3/b7-2-/t19-,20-,21+,22-,23?,24?/m1/s1. The van der Waals surface area contributed by atoms with Crippen molar-refractivity contribution in [2.75, 3.05) is 25.6 Å². The highest BCUT2D eigenvalue weighted by Gasteiger charge is 2.49. The third kappa shape index (κ3) is 5.26. The van der Waals surface area contributed by atoms with E-state index in [2.05, 4.69) is 6.08 Å². The van der Waals surface area contributed by atoms with Gasteiger partial charge in [-0.15, -0.1) is 0 Å². The van der Waals surface area contributed by atoms with Crippen molar-refractivity contribution in [2.24, 2.45) is 17.3 Å². The molecule has 0 amide bonds. The Balaban J connectivity index is 1.27. The van der Waals surface area contributed by atoms with Gasteiger partial charge in [0, 0.05) is 18.3 Å². The quantitative estimate of drug-likeness (QED) is 0.426. The van der Waals surface area contributed by atoms with Crippen LogP contribution in [0, 0.1) is 17.3 Å². The Hall–Kier alpha value is -1.29. The number of benzene rings is 1. The van der Waals surface area contributed by atoms with E-state index >= 15 is 0 Å². The number of allylic oxidation sites excluding steroid dienone is 2. The van der Waals surface area contributed by atoms with Gasteiger partial charge in [0.1, 0.15) is 0 Å². The van der Waals surface area contributed by atoms with E-state index in [9.17, 15) is 18.6 Å². The molecule has 8 heteroatoms. The summed E-state index contributed by atoms with van der Waals surface area (Å²) in [6, 6.07) is 8.29. The van der Waals surface area contributed by atoms with E-state index < -0.39 is 33.9 Å². The molecule has 0 radical (unpaired) electrons. The van der Waals surface area contributed by atoms with Crippen LogP contribution < -0.4 is 0 Å². The average molecular weight is 467 g/mol. The Bertz CT molecular complexity index is 874. The second-order valence-corrected chi connectivity index (χ2v) is 11.7. The zero-order valence-electron chi connectivity index (χ0n) is 18.6. The first-order valence-corrected chi connectivity index (χ1v) is 13.1. The molecule has 3 aliphatic heterocycles. The molecule has 0 spiro atoms. The first-order valence-electron chi connectivity index (χ1n) is 11.4. The van der Waals surface area contributed by atoms with Crippen LogP contribution in [0.2, 0.25) is 0 Å². The second kappa shape index (κ2) is 9.52. The maximum absolute atomic E-state index is 12.8. The Labute approximate surface area is 190 Å². The van der Waals surface area contributed by atoms with Crippen molar-refractivity contribution >= 4 is 9.84 Å². The van der Waals surface area contributed by atoms with Crippen LogP contribution in [-0.2, 0) is 24.0 Å². The Kier molecular flexibility index (Phi) is 7.10. The minimum Gasteiger partial charge on any atom is -0.393 e. The van der Waals surface area contributed by atoms with Crippen molar-refractivity contribution in [3.05, 3.63) is 42.5 Å². The predicted octanol–water partition coefficient (Wildman–Crippen LogP) is 2.67. The van der Waals surface area contributed by atoms with Crippen LogP contribution in [0.4, 0.5) is 0 Å². The maximum Gasteiger partial charge on any atom is 0.279 e. The summed E-state index contributed by atoms with van der Waals surface area (Å²) in [5.74, 6) is -1.79. The van der Waals surface area contributed by atoms with Gasteiger partial charge in [-0.05, 0) is 50.2 Å². The summed E-state index contributed by atoms with van der Waals surface area (Å²) in [7, 11) is -3.53. The molecule has 2 bridgehead atoms. The molecule has 4 aliphatic rings. The van der Waals surface area contributed by atoms with Crippen LogP contribution in [-0.4, -0.2) is 62.4 Å². The highest BCUT2D eigenvalue weighted by Crippen LogP contribution is 2.41. The van der Waals surface area contributed by atoms with Gasteiger partial charge in [0.05, 0.1) is 42.7 Å². The van der Waals surface area contributed by atoms with E-state index in [1.54, 1.807) is 37.3 Å². The van der Waals surface area contributed by atoms with Crippen LogP contribution in [0.5, 0.6) is 0 Å². The monoisotopic (exact) mass is 466 g/mol. The van der Waals surface area contributed by atoms with Gasteiger partial charge in [0.15, 0.2) is 9.84 Å². The number of ether oxygens (including phenoxy) is 3. The number of sulfone groups is 1. The minimum absolute atomic E-state index is 0.0751. The molecule has 1 aromatic rings. The smallest absolute Gasteiger partial charge is 0.279 e. The van der Waals surface area contributed by atoms with Crippen molar-refractivity contribution in [3.63, 3.8) is 0 Å². The van der Waals surface area contributed by atoms with Gasteiger partial charge < -0.3 is 24.4 Å². The van der Waals surface area contributed by atoms with Crippen molar-refractivity contribution in [2.45, 2.75) is 62.1 Å². The van der Waals surface area contributed by atoms with E-state index in [0.717, 1.165) is 19.3 Å². The molecule has 2 N–H and O–H groups in total. The van der Waals surface area contributed by atoms with Crippen LogP contribution in [0.25, 0.3) is 0 Å². The van der Waals surface area contributed by atoms with E-state index in [1.165, 1.54) is 0 Å². The largest absolute Gasteiger partial charge is 0.393 e. The summed E-state index contributed by atoms with van der Waals surface area (Å²) in [6.07, 6.45) is 6.11. The van der Waals surface area contributed by atoms with Gasteiger partial charge in [-0.2, -0.15) is 0 Å². The third-order valence-corrected chi connectivity index (χ3v) is 8.92. The fourth-order valence-corrected chi connectivity index (χ4v) is 6.74. The molecule has 1 aromatic carbocycles. The zero-order valence-corrected chi connectivity index (χ0v) is 19.4. The van der Waals surface area contributed by atoms with E-state index in [0.29, 0.717) is 26.2 Å². The number of rotatable bonds is 9. The summed E-state index contributed by atoms with van der Waals surface area (Å²) in [5.41, 5.74) is -0.0751. The van der Waals surface area contributed by atoms with Gasteiger partial charge in [-0.3, -0.25) is 0 Å². The molecule has 178 valence electrons. The van der Waals surface area contributed by atoms with E-state index in [-0.39, 0.29) is 28.4 Å². The van der Waals surface area contributed by atoms with Gasteiger partial charge in [0.25, 0.3) is 5.97 Å². The van der Waals surface area contributed by atoms with Crippen molar-refractivity contribution in [1.82, 2.24) is 0 Å². The fraction of sp³-hybridized carbons (Fsp3) is 0.667. The average Bonchev–Trinajstić information content (AvgIpc) is 3.04. The van der Waals surface area contributed by atoms with Crippen LogP contribution in [0.1, 0.15) is 39.0 Å². The SMILES string of the molecule is CC12OCC(CCC/C=C\C[C@@H]3[C@@H](CS(=O)(=O)c4ccccc4)[C@H](O)C[C@@H]3O)(CO1)CO2. The minimum atomic E-state index is -3.53. The summed E-state index contributed by atoms with van der Waals surface area (Å²) in [4.78, 5) is 0.255. The normalized spacial score (nSPS) is 37.3. The fourth-order valence-electron chi connectivity index (χ4n) is 5.00. The summed E-state index contributed by atoms with van der Waals surface area (Å²) in [5, 5.41) is 20.8. The molecule has 0 aromatic heterocycles. The number of fused-ring (bicyclic) bond motifs is 3.